The quantitative estimate of drug-likeness (QED) is 0.150. The molecule has 0 radical (unpaired) electrons. The van der Waals surface area contributed by atoms with Crippen LogP contribution in [0.5, 0.6) is 0 Å². The van der Waals surface area contributed by atoms with Gasteiger partial charge in [0.25, 0.3) is 0 Å². The van der Waals surface area contributed by atoms with Gasteiger partial charge in [-0.05, 0) is 71.8 Å². The van der Waals surface area contributed by atoms with Gasteiger partial charge in [-0.15, -0.1) is 0 Å². The summed E-state index contributed by atoms with van der Waals surface area (Å²) in [5.41, 5.74) is 12.4. The van der Waals surface area contributed by atoms with Crippen molar-refractivity contribution in [2.45, 2.75) is 0 Å². The number of fused-ring (bicyclic) bond motifs is 6. The molecule has 13 aromatic rings. The Balaban J connectivity index is 0.982. The SMILES string of the molecule is c1ccc(-c2nc(-c3ccccc3)nc(-c3ccc4c(c3)c3cc(-c5ccc6oc7cccc(-c8nc(-c9ccccc9)nc(-c9ccccc9)n8)c7c6c5)ccc3n4-c3ccccc3)n2)cc1. The maximum absolute atomic E-state index is 6.55. The van der Waals surface area contributed by atoms with E-state index in [4.69, 9.17) is 34.3 Å². The molecule has 0 aliphatic carbocycles. The van der Waals surface area contributed by atoms with E-state index >= 15 is 0 Å². The zero-order valence-electron chi connectivity index (χ0n) is 36.4. The van der Waals surface area contributed by atoms with Crippen LogP contribution in [0.3, 0.4) is 0 Å². The number of furan rings is 1. The molecule has 4 heterocycles. The summed E-state index contributed by atoms with van der Waals surface area (Å²) in [4.78, 5) is 30.3. The largest absolute Gasteiger partial charge is 0.456 e. The average molecular weight is 872 g/mol. The molecule has 0 spiro atoms. The Labute approximate surface area is 390 Å². The lowest BCUT2D eigenvalue weighted by molar-refractivity contribution is 0.669. The lowest BCUT2D eigenvalue weighted by atomic mass is 9.99. The first-order valence-electron chi connectivity index (χ1n) is 22.5. The van der Waals surface area contributed by atoms with Crippen LogP contribution in [0.2, 0.25) is 0 Å². The summed E-state index contributed by atoms with van der Waals surface area (Å²) in [5.74, 6) is 3.64. The molecule has 0 aliphatic rings. The summed E-state index contributed by atoms with van der Waals surface area (Å²) >= 11 is 0. The van der Waals surface area contributed by atoms with Crippen molar-refractivity contribution >= 4 is 43.7 Å². The Kier molecular flexibility index (Phi) is 9.31. The highest BCUT2D eigenvalue weighted by molar-refractivity contribution is 6.14. The molecule has 0 N–H and O–H groups in total. The van der Waals surface area contributed by atoms with Crippen molar-refractivity contribution in [2.24, 2.45) is 0 Å². The summed E-state index contributed by atoms with van der Waals surface area (Å²) in [5, 5.41) is 4.11. The van der Waals surface area contributed by atoms with Crippen LogP contribution in [0.4, 0.5) is 0 Å². The minimum atomic E-state index is 0.576. The summed E-state index contributed by atoms with van der Waals surface area (Å²) in [7, 11) is 0. The second-order valence-corrected chi connectivity index (χ2v) is 16.7. The van der Waals surface area contributed by atoms with Gasteiger partial charge < -0.3 is 8.98 Å². The van der Waals surface area contributed by atoms with Gasteiger partial charge in [0.05, 0.1) is 11.0 Å². The van der Waals surface area contributed by atoms with Gasteiger partial charge in [0.1, 0.15) is 11.2 Å². The molecule has 0 saturated carbocycles. The highest BCUT2D eigenvalue weighted by Crippen LogP contribution is 2.41. The number of benzene rings is 9. The number of nitrogens with zero attached hydrogens (tertiary/aromatic N) is 7. The van der Waals surface area contributed by atoms with Crippen molar-refractivity contribution in [3.8, 4) is 85.1 Å². The smallest absolute Gasteiger partial charge is 0.164 e. The third kappa shape index (κ3) is 6.87. The minimum absolute atomic E-state index is 0.576. The topological polar surface area (TPSA) is 95.4 Å². The van der Waals surface area contributed by atoms with Gasteiger partial charge in [0.15, 0.2) is 34.9 Å². The van der Waals surface area contributed by atoms with Crippen LogP contribution < -0.4 is 0 Å². The minimum Gasteiger partial charge on any atom is -0.456 e. The molecule has 0 saturated heterocycles. The number of hydrogen-bond acceptors (Lipinski definition) is 7. The molecule has 8 nitrogen and oxygen atoms in total. The summed E-state index contributed by atoms with van der Waals surface area (Å²) in [6, 6.07) is 76.6. The monoisotopic (exact) mass is 871 g/mol. The Morgan fingerprint density at radius 1 is 0.279 bits per heavy atom. The first-order valence-corrected chi connectivity index (χ1v) is 22.5. The van der Waals surface area contributed by atoms with E-state index in [9.17, 15) is 0 Å². The summed E-state index contributed by atoms with van der Waals surface area (Å²) < 4.78 is 8.88. The normalized spacial score (nSPS) is 11.5. The molecule has 8 heteroatoms. The van der Waals surface area contributed by atoms with Crippen molar-refractivity contribution in [2.75, 3.05) is 0 Å². The Morgan fingerprint density at radius 2 is 0.676 bits per heavy atom. The maximum Gasteiger partial charge on any atom is 0.164 e. The van der Waals surface area contributed by atoms with E-state index in [1.807, 2.05) is 133 Å². The Hall–Kier alpha value is -9.40. The van der Waals surface area contributed by atoms with E-state index in [1.54, 1.807) is 0 Å². The molecule has 4 aromatic heterocycles. The first-order chi connectivity index (χ1) is 33.7. The van der Waals surface area contributed by atoms with Crippen LogP contribution in [0, 0.1) is 0 Å². The van der Waals surface area contributed by atoms with Crippen LogP contribution >= 0.6 is 0 Å². The third-order valence-electron chi connectivity index (χ3n) is 12.5. The van der Waals surface area contributed by atoms with Gasteiger partial charge in [0, 0.05) is 60.6 Å². The van der Waals surface area contributed by atoms with E-state index < -0.39 is 0 Å². The molecule has 9 aromatic carbocycles. The van der Waals surface area contributed by atoms with E-state index in [-0.39, 0.29) is 0 Å². The number of aromatic nitrogens is 7. The molecule has 0 amide bonds. The molecule has 68 heavy (non-hydrogen) atoms. The molecule has 0 unspecified atom stereocenters. The fourth-order valence-corrected chi connectivity index (χ4v) is 9.26. The second kappa shape index (κ2) is 16.2. The first kappa shape index (κ1) is 39.0. The summed E-state index contributed by atoms with van der Waals surface area (Å²) in [6.07, 6.45) is 0. The van der Waals surface area contributed by atoms with Crippen molar-refractivity contribution in [1.82, 2.24) is 34.5 Å². The molecule has 0 atom stereocenters. The second-order valence-electron chi connectivity index (χ2n) is 16.7. The predicted octanol–water partition coefficient (Wildman–Crippen LogP) is 14.7. The van der Waals surface area contributed by atoms with Gasteiger partial charge in [-0.1, -0.05) is 164 Å². The van der Waals surface area contributed by atoms with Crippen molar-refractivity contribution < 1.29 is 4.42 Å². The predicted molar refractivity (Wildman–Crippen MR) is 273 cm³/mol. The standard InChI is InChI=1S/C60H37N7O/c1-6-17-38(18-7-1)55-61-56(39-19-8-2-9-20-39)64-59(63-55)44-30-33-51-48(37-44)47-35-42(29-32-50(47)67(51)45-25-14-5-15-26-45)43-31-34-52-49(36-43)54-46(27-16-28-53(54)68-52)60-65-57(40-21-10-3-11-22-40)62-58(66-60)41-23-12-4-13-24-41/h1-37H. The molecular formula is C60H37N7O. The van der Waals surface area contributed by atoms with Crippen LogP contribution in [0.25, 0.3) is 129 Å². The van der Waals surface area contributed by atoms with Crippen LogP contribution in [0.1, 0.15) is 0 Å². The third-order valence-corrected chi connectivity index (χ3v) is 12.5. The van der Waals surface area contributed by atoms with Gasteiger partial charge in [-0.25, -0.2) is 29.9 Å². The maximum atomic E-state index is 6.55. The summed E-state index contributed by atoms with van der Waals surface area (Å²) in [6.45, 7) is 0. The highest BCUT2D eigenvalue weighted by atomic mass is 16.3. The highest BCUT2D eigenvalue weighted by Gasteiger charge is 2.21. The van der Waals surface area contributed by atoms with Gasteiger partial charge in [-0.3, -0.25) is 0 Å². The van der Waals surface area contributed by atoms with Gasteiger partial charge in [-0.2, -0.15) is 0 Å². The molecular weight excluding hydrogens is 835 g/mol. The van der Waals surface area contributed by atoms with E-state index in [0.717, 1.165) is 93.9 Å². The van der Waals surface area contributed by atoms with E-state index in [2.05, 4.69) is 95.6 Å². The van der Waals surface area contributed by atoms with E-state index in [0.29, 0.717) is 34.9 Å². The number of para-hydroxylation sites is 1. The fraction of sp³-hybridized carbons (Fsp3) is 0. The molecule has 13 rings (SSSR count). The average Bonchev–Trinajstić information content (AvgIpc) is 3.97. The Morgan fingerprint density at radius 3 is 1.18 bits per heavy atom. The Bertz CT molecular complexity index is 3890. The van der Waals surface area contributed by atoms with Crippen molar-refractivity contribution in [1.29, 1.82) is 0 Å². The van der Waals surface area contributed by atoms with Crippen molar-refractivity contribution in [3.05, 3.63) is 224 Å². The van der Waals surface area contributed by atoms with Crippen LogP contribution in [-0.4, -0.2) is 34.5 Å². The number of rotatable bonds is 8. The zero-order chi connectivity index (χ0) is 45.0. The lowest BCUT2D eigenvalue weighted by Crippen LogP contribution is -2.00. The van der Waals surface area contributed by atoms with Gasteiger partial charge in [0.2, 0.25) is 0 Å². The molecule has 0 aliphatic heterocycles. The van der Waals surface area contributed by atoms with Crippen LogP contribution in [0.15, 0.2) is 229 Å². The van der Waals surface area contributed by atoms with Gasteiger partial charge >= 0.3 is 0 Å². The zero-order valence-corrected chi connectivity index (χ0v) is 36.4. The fourth-order valence-electron chi connectivity index (χ4n) is 9.26. The lowest BCUT2D eigenvalue weighted by Gasteiger charge is -2.10. The molecule has 318 valence electrons. The van der Waals surface area contributed by atoms with E-state index in [1.165, 1.54) is 0 Å². The molecule has 0 bridgehead atoms. The molecule has 0 fully saturated rings. The van der Waals surface area contributed by atoms with Crippen molar-refractivity contribution in [3.63, 3.8) is 0 Å². The van der Waals surface area contributed by atoms with Crippen LogP contribution in [-0.2, 0) is 0 Å². The number of hydrogen-bond donors (Lipinski definition) is 0.